The van der Waals surface area contributed by atoms with Gasteiger partial charge in [-0.1, -0.05) is 30.3 Å². The van der Waals surface area contributed by atoms with Crippen LogP contribution in [-0.4, -0.2) is 14.9 Å². The largest absolute Gasteiger partial charge is 0.619 e. The minimum Gasteiger partial charge on any atom is -0.619 e. The van der Waals surface area contributed by atoms with Gasteiger partial charge in [0.25, 0.3) is 5.69 Å². The van der Waals surface area contributed by atoms with Crippen molar-refractivity contribution < 1.29 is 9.65 Å². The summed E-state index contributed by atoms with van der Waals surface area (Å²) in [5.74, 6) is 0. The highest BCUT2D eigenvalue weighted by molar-refractivity contribution is 9.10. The number of anilines is 1. The van der Waals surface area contributed by atoms with E-state index in [1.807, 2.05) is 18.5 Å². The molecule has 0 radical (unpaired) electrons. The van der Waals surface area contributed by atoms with Gasteiger partial charge in [0.1, 0.15) is 0 Å². The van der Waals surface area contributed by atoms with Crippen LogP contribution in [0.5, 0.6) is 0 Å². The molecule has 4 aromatic rings. The maximum absolute atomic E-state index is 10.5. The summed E-state index contributed by atoms with van der Waals surface area (Å²) in [6.45, 7) is 5.02. The average Bonchev–Trinajstić information content (AvgIpc) is 3.02. The number of aromatic nitrogens is 3. The molecule has 0 bridgehead atoms. The van der Waals surface area contributed by atoms with Gasteiger partial charge >= 0.3 is 0 Å². The molecule has 162 valence electrons. The van der Waals surface area contributed by atoms with Crippen LogP contribution >= 0.6 is 28.3 Å². The van der Waals surface area contributed by atoms with Gasteiger partial charge in [0, 0.05) is 23.8 Å². The lowest BCUT2D eigenvalue weighted by molar-refractivity contribution is -0.606. The van der Waals surface area contributed by atoms with Crippen LogP contribution in [0.15, 0.2) is 65.7 Å². The second-order valence-electron chi connectivity index (χ2n) is 6.62. The zero-order valence-electron chi connectivity index (χ0n) is 16.8. The lowest BCUT2D eigenvalue weighted by Gasteiger charge is -2.07. The Bertz CT molecular complexity index is 1180. The van der Waals surface area contributed by atoms with Crippen molar-refractivity contribution in [2.75, 3.05) is 5.32 Å². The van der Waals surface area contributed by atoms with Gasteiger partial charge in [0.15, 0.2) is 10.7 Å². The number of fused-ring (bicyclic) bond motifs is 1. The van der Waals surface area contributed by atoms with E-state index in [4.69, 9.17) is 0 Å². The van der Waals surface area contributed by atoms with Crippen LogP contribution in [0.25, 0.3) is 10.9 Å². The van der Waals surface area contributed by atoms with E-state index in [1.165, 1.54) is 22.2 Å². The number of rotatable bonds is 4. The van der Waals surface area contributed by atoms with Crippen LogP contribution in [0.1, 0.15) is 16.8 Å². The molecule has 10 heteroatoms. The van der Waals surface area contributed by atoms with Gasteiger partial charge in [-0.25, -0.2) is 0 Å². The first-order valence-electron chi connectivity index (χ1n) is 9.10. The van der Waals surface area contributed by atoms with Crippen molar-refractivity contribution >= 4 is 50.6 Å². The smallest absolute Gasteiger partial charge is 0.295 e. The van der Waals surface area contributed by atoms with Crippen molar-refractivity contribution in [1.29, 1.82) is 0 Å². The number of nitrogens with one attached hydrogen (secondary N) is 2. The standard InChI is InChI=1S/C16H17N3.C5H3BrN2O3.ClH/c1-11-12(2)19-16-14(11)9-17-10-15(16)18-8-13-6-4-3-5-7-13;6-4-3-7(9)2-1-5(4)8(10)11;/h3-7,9-10,18-19H,8H2,1-2H3;1-3H;1H. The first-order chi connectivity index (χ1) is 14.4. The molecule has 3 heterocycles. The highest BCUT2D eigenvalue weighted by Gasteiger charge is 2.13. The number of aromatic amines is 1. The lowest BCUT2D eigenvalue weighted by atomic mass is 10.2. The molecule has 31 heavy (non-hydrogen) atoms. The summed E-state index contributed by atoms with van der Waals surface area (Å²) in [5.41, 5.74) is 5.81. The average molecular weight is 507 g/mol. The number of H-pyrrole nitrogens is 1. The molecule has 0 aliphatic rings. The van der Waals surface area contributed by atoms with E-state index in [0.29, 0.717) is 4.73 Å². The third kappa shape index (κ3) is 5.93. The summed E-state index contributed by atoms with van der Waals surface area (Å²) in [4.78, 5) is 17.4. The molecule has 4 rings (SSSR count). The maximum atomic E-state index is 10.5. The number of aryl methyl sites for hydroxylation is 2. The molecule has 0 aliphatic heterocycles. The number of pyridine rings is 2. The third-order valence-corrected chi connectivity index (χ3v) is 5.22. The van der Waals surface area contributed by atoms with Crippen molar-refractivity contribution in [1.82, 2.24) is 9.97 Å². The van der Waals surface area contributed by atoms with Crippen molar-refractivity contribution in [2.24, 2.45) is 0 Å². The molecule has 3 aromatic heterocycles. The van der Waals surface area contributed by atoms with Gasteiger partial charge in [-0.15, -0.1) is 12.4 Å². The minimum atomic E-state index is -0.565. The SMILES string of the molecule is Cc1[nH]c2c(NCc3ccccc3)cncc2c1C.Cl.O=[N+]([O-])c1cc[n+]([O-])cc1Br. The molecule has 0 unspecified atom stereocenters. The molecular formula is C21H21BrClN5O3. The molecule has 0 fully saturated rings. The number of hydrogen-bond acceptors (Lipinski definition) is 5. The minimum absolute atomic E-state index is 0. The van der Waals surface area contributed by atoms with Crippen molar-refractivity contribution in [3.8, 4) is 0 Å². The summed E-state index contributed by atoms with van der Waals surface area (Å²) in [7, 11) is 0. The Kier molecular flexibility index (Phi) is 8.35. The van der Waals surface area contributed by atoms with E-state index < -0.39 is 4.92 Å². The first kappa shape index (κ1) is 24.1. The van der Waals surface area contributed by atoms with Crippen LogP contribution < -0.4 is 10.0 Å². The predicted molar refractivity (Wildman–Crippen MR) is 126 cm³/mol. The summed E-state index contributed by atoms with van der Waals surface area (Å²) in [5, 5.41) is 25.4. The van der Waals surface area contributed by atoms with Crippen LogP contribution in [0, 0.1) is 29.2 Å². The van der Waals surface area contributed by atoms with Gasteiger partial charge in [0.2, 0.25) is 6.20 Å². The molecule has 0 aliphatic carbocycles. The highest BCUT2D eigenvalue weighted by Crippen LogP contribution is 2.26. The van der Waals surface area contributed by atoms with Gasteiger partial charge in [-0.05, 0) is 40.9 Å². The molecule has 0 saturated carbocycles. The van der Waals surface area contributed by atoms with Crippen LogP contribution in [0.3, 0.4) is 0 Å². The molecule has 0 amide bonds. The molecular weight excluding hydrogens is 486 g/mol. The summed E-state index contributed by atoms with van der Waals surface area (Å²) in [6.07, 6.45) is 5.95. The maximum Gasteiger partial charge on any atom is 0.295 e. The molecule has 0 atom stereocenters. The molecule has 1 aromatic carbocycles. The fourth-order valence-corrected chi connectivity index (χ4v) is 3.36. The molecule has 8 nitrogen and oxygen atoms in total. The Hall–Kier alpha value is -3.17. The van der Waals surface area contributed by atoms with E-state index in [9.17, 15) is 15.3 Å². The van der Waals surface area contributed by atoms with Gasteiger partial charge in [-0.3, -0.25) is 15.1 Å². The Morgan fingerprint density at radius 2 is 1.90 bits per heavy atom. The fraction of sp³-hybridized carbons (Fsp3) is 0.143. The van der Waals surface area contributed by atoms with Crippen molar-refractivity contribution in [2.45, 2.75) is 20.4 Å². The topological polar surface area (TPSA) is 111 Å². The second kappa shape index (κ2) is 10.7. The molecule has 2 N–H and O–H groups in total. The van der Waals surface area contributed by atoms with Crippen LogP contribution in [-0.2, 0) is 6.54 Å². The van der Waals surface area contributed by atoms with E-state index in [2.05, 4.69) is 69.3 Å². The highest BCUT2D eigenvalue weighted by atomic mass is 79.9. The summed E-state index contributed by atoms with van der Waals surface area (Å²) >= 11 is 2.89. The van der Waals surface area contributed by atoms with Gasteiger partial charge in [0.05, 0.1) is 28.4 Å². The Labute approximate surface area is 193 Å². The number of hydrogen-bond donors (Lipinski definition) is 2. The van der Waals surface area contributed by atoms with E-state index in [0.717, 1.165) is 36.2 Å². The normalized spacial score (nSPS) is 10.0. The quantitative estimate of drug-likeness (QED) is 0.171. The zero-order chi connectivity index (χ0) is 21.7. The van der Waals surface area contributed by atoms with Crippen molar-refractivity contribution in [3.63, 3.8) is 0 Å². The Morgan fingerprint density at radius 1 is 1.19 bits per heavy atom. The predicted octanol–water partition coefficient (Wildman–Crippen LogP) is 5.20. The summed E-state index contributed by atoms with van der Waals surface area (Å²) < 4.78 is 0.664. The lowest BCUT2D eigenvalue weighted by Crippen LogP contribution is -2.24. The van der Waals surface area contributed by atoms with Crippen molar-refractivity contribution in [3.05, 3.63) is 97.8 Å². The fourth-order valence-electron chi connectivity index (χ4n) is 2.88. The van der Waals surface area contributed by atoms with Gasteiger partial charge in [-0.2, -0.15) is 4.73 Å². The van der Waals surface area contributed by atoms with E-state index >= 15 is 0 Å². The zero-order valence-corrected chi connectivity index (χ0v) is 19.2. The first-order valence-corrected chi connectivity index (χ1v) is 9.89. The third-order valence-electron chi connectivity index (χ3n) is 4.61. The monoisotopic (exact) mass is 505 g/mol. The summed E-state index contributed by atoms with van der Waals surface area (Å²) in [6, 6.07) is 11.5. The second-order valence-corrected chi connectivity index (χ2v) is 7.47. The Balaban J connectivity index is 0.000000245. The number of nitrogens with zero attached hydrogens (tertiary/aromatic N) is 3. The number of benzene rings is 1. The van der Waals surface area contributed by atoms with E-state index in [-0.39, 0.29) is 22.6 Å². The molecule has 0 spiro atoms. The van der Waals surface area contributed by atoms with E-state index in [1.54, 1.807) is 0 Å². The number of halogens is 2. The van der Waals surface area contributed by atoms with Gasteiger partial charge < -0.3 is 15.5 Å². The van der Waals surface area contributed by atoms with Crippen LogP contribution in [0.2, 0.25) is 0 Å². The number of nitro groups is 1. The Morgan fingerprint density at radius 3 is 2.55 bits per heavy atom. The van der Waals surface area contributed by atoms with Crippen LogP contribution in [0.4, 0.5) is 11.4 Å². The molecule has 0 saturated heterocycles.